The van der Waals surface area contributed by atoms with Gasteiger partial charge in [-0.2, -0.15) is 0 Å². The number of nitrogens with zero attached hydrogens (tertiary/aromatic N) is 4. The third-order valence-electron chi connectivity index (χ3n) is 4.90. The standard InChI is InChI=1S/C22H14ClN5O3S2/c23-15-12-14(28(30)31)10-11-16(15)24-20(29)19(13-6-2-1-3-7-13)33-22-26-25-21-27(22)17-8-4-5-9-18(17)32-21/h1-12,19H,(H,24,29)/t19-/m1/s1. The lowest BCUT2D eigenvalue weighted by atomic mass is 10.1. The van der Waals surface area contributed by atoms with Gasteiger partial charge in [-0.05, 0) is 23.8 Å². The van der Waals surface area contributed by atoms with Crippen LogP contribution in [0.4, 0.5) is 11.4 Å². The molecule has 1 atom stereocenters. The molecule has 0 aliphatic carbocycles. The highest BCUT2D eigenvalue weighted by Crippen LogP contribution is 2.38. The van der Waals surface area contributed by atoms with Crippen LogP contribution in [0, 0.1) is 10.1 Å². The molecule has 1 amide bonds. The van der Waals surface area contributed by atoms with Crippen molar-refractivity contribution < 1.29 is 9.72 Å². The Bertz CT molecular complexity index is 1500. The molecule has 0 aliphatic heterocycles. The van der Waals surface area contributed by atoms with Crippen molar-refractivity contribution in [3.63, 3.8) is 0 Å². The minimum Gasteiger partial charge on any atom is -0.323 e. The van der Waals surface area contributed by atoms with E-state index in [9.17, 15) is 14.9 Å². The van der Waals surface area contributed by atoms with Gasteiger partial charge in [-0.3, -0.25) is 19.3 Å². The number of rotatable bonds is 6. The number of para-hydroxylation sites is 1. The average molecular weight is 496 g/mol. The highest BCUT2D eigenvalue weighted by Gasteiger charge is 2.26. The number of nitro groups is 1. The van der Waals surface area contributed by atoms with E-state index in [1.807, 2.05) is 59.0 Å². The summed E-state index contributed by atoms with van der Waals surface area (Å²) in [6, 6.07) is 21.1. The second-order valence-corrected chi connectivity index (χ2v) is 9.48. The number of non-ortho nitro benzene ring substituents is 1. The Hall–Kier alpha value is -3.47. The predicted octanol–water partition coefficient (Wildman–Crippen LogP) is 5.98. The van der Waals surface area contributed by atoms with Gasteiger partial charge in [-0.15, -0.1) is 10.2 Å². The summed E-state index contributed by atoms with van der Waals surface area (Å²) in [5, 5.41) is 22.4. The first-order chi connectivity index (χ1) is 16.0. The van der Waals surface area contributed by atoms with E-state index in [1.54, 1.807) is 0 Å². The van der Waals surface area contributed by atoms with Crippen LogP contribution in [0.2, 0.25) is 5.02 Å². The number of thiazole rings is 1. The lowest BCUT2D eigenvalue weighted by molar-refractivity contribution is -0.384. The van der Waals surface area contributed by atoms with Gasteiger partial charge in [0.25, 0.3) is 5.69 Å². The molecule has 33 heavy (non-hydrogen) atoms. The molecule has 0 radical (unpaired) electrons. The van der Waals surface area contributed by atoms with Crippen LogP contribution >= 0.6 is 34.7 Å². The molecule has 0 saturated carbocycles. The smallest absolute Gasteiger partial charge is 0.271 e. The Morgan fingerprint density at radius 3 is 2.61 bits per heavy atom. The van der Waals surface area contributed by atoms with Gasteiger partial charge in [-0.25, -0.2) is 0 Å². The van der Waals surface area contributed by atoms with Gasteiger partial charge in [0.05, 0.1) is 25.8 Å². The molecule has 0 fully saturated rings. The zero-order valence-electron chi connectivity index (χ0n) is 16.7. The summed E-state index contributed by atoms with van der Waals surface area (Å²) in [7, 11) is 0. The first-order valence-corrected chi connectivity index (χ1v) is 11.8. The number of halogens is 1. The number of aromatic nitrogens is 3. The van der Waals surface area contributed by atoms with E-state index in [4.69, 9.17) is 11.6 Å². The number of carbonyl (C=O) groups excluding carboxylic acids is 1. The van der Waals surface area contributed by atoms with E-state index in [1.165, 1.54) is 41.3 Å². The number of hydrogen-bond donors (Lipinski definition) is 1. The van der Waals surface area contributed by atoms with Crippen LogP contribution in [-0.4, -0.2) is 25.4 Å². The van der Waals surface area contributed by atoms with Crippen molar-refractivity contribution in [3.8, 4) is 0 Å². The zero-order chi connectivity index (χ0) is 22.9. The van der Waals surface area contributed by atoms with Gasteiger partial charge in [-0.1, -0.05) is 77.2 Å². The molecular weight excluding hydrogens is 482 g/mol. The highest BCUT2D eigenvalue weighted by molar-refractivity contribution is 8.00. The largest absolute Gasteiger partial charge is 0.323 e. The number of amides is 1. The molecule has 2 heterocycles. The highest BCUT2D eigenvalue weighted by atomic mass is 35.5. The molecule has 0 unspecified atom stereocenters. The maximum atomic E-state index is 13.4. The van der Waals surface area contributed by atoms with Crippen molar-refractivity contribution in [3.05, 3.63) is 93.5 Å². The average Bonchev–Trinajstić information content (AvgIpc) is 3.38. The summed E-state index contributed by atoms with van der Waals surface area (Å²) < 4.78 is 3.01. The van der Waals surface area contributed by atoms with Crippen LogP contribution in [0.25, 0.3) is 15.2 Å². The third kappa shape index (κ3) is 4.15. The van der Waals surface area contributed by atoms with E-state index in [2.05, 4.69) is 15.5 Å². The molecule has 3 aromatic carbocycles. The maximum Gasteiger partial charge on any atom is 0.271 e. The van der Waals surface area contributed by atoms with Gasteiger partial charge < -0.3 is 5.32 Å². The van der Waals surface area contributed by atoms with Crippen LogP contribution in [0.5, 0.6) is 0 Å². The second-order valence-electron chi connectivity index (χ2n) is 6.99. The van der Waals surface area contributed by atoms with E-state index in [0.717, 1.165) is 20.7 Å². The van der Waals surface area contributed by atoms with Crippen molar-refractivity contribution in [2.75, 3.05) is 5.32 Å². The molecule has 164 valence electrons. The normalized spacial score (nSPS) is 12.2. The van der Waals surface area contributed by atoms with E-state index in [0.29, 0.717) is 10.8 Å². The number of anilines is 1. The summed E-state index contributed by atoms with van der Waals surface area (Å²) in [6.45, 7) is 0. The summed E-state index contributed by atoms with van der Waals surface area (Å²) >= 11 is 8.99. The number of fused-ring (bicyclic) bond motifs is 3. The Labute approximate surface area is 200 Å². The lowest BCUT2D eigenvalue weighted by Crippen LogP contribution is -2.19. The fourth-order valence-electron chi connectivity index (χ4n) is 3.36. The summed E-state index contributed by atoms with van der Waals surface area (Å²) in [5.41, 5.74) is 1.88. The number of hydrogen-bond acceptors (Lipinski definition) is 7. The van der Waals surface area contributed by atoms with Crippen LogP contribution in [0.15, 0.2) is 78.0 Å². The van der Waals surface area contributed by atoms with Crippen molar-refractivity contribution >= 4 is 67.2 Å². The first-order valence-electron chi connectivity index (χ1n) is 9.70. The molecule has 0 spiro atoms. The Kier molecular flexibility index (Phi) is 5.71. The summed E-state index contributed by atoms with van der Waals surface area (Å²) in [5.74, 6) is -0.335. The molecule has 0 bridgehead atoms. The Morgan fingerprint density at radius 2 is 1.85 bits per heavy atom. The number of benzene rings is 3. The molecular formula is C22H14ClN5O3S2. The van der Waals surface area contributed by atoms with E-state index >= 15 is 0 Å². The molecule has 2 aromatic heterocycles. The predicted molar refractivity (Wildman–Crippen MR) is 130 cm³/mol. The fraction of sp³-hybridized carbons (Fsp3) is 0.0455. The number of carbonyl (C=O) groups is 1. The molecule has 5 rings (SSSR count). The molecule has 5 aromatic rings. The number of nitro benzene ring substituents is 1. The topological polar surface area (TPSA) is 102 Å². The minimum absolute atomic E-state index is 0.0862. The van der Waals surface area contributed by atoms with Gasteiger partial charge in [0.15, 0.2) is 5.16 Å². The van der Waals surface area contributed by atoms with E-state index < -0.39 is 10.2 Å². The third-order valence-corrected chi connectivity index (χ3v) is 7.42. The van der Waals surface area contributed by atoms with Crippen molar-refractivity contribution in [1.82, 2.24) is 14.6 Å². The van der Waals surface area contributed by atoms with Crippen molar-refractivity contribution in [2.24, 2.45) is 0 Å². The van der Waals surface area contributed by atoms with Crippen LogP contribution in [0.1, 0.15) is 10.8 Å². The van der Waals surface area contributed by atoms with Crippen LogP contribution < -0.4 is 5.32 Å². The Morgan fingerprint density at radius 1 is 1.09 bits per heavy atom. The number of nitrogens with one attached hydrogen (secondary N) is 1. The van der Waals surface area contributed by atoms with Gasteiger partial charge in [0, 0.05) is 12.1 Å². The number of thioether (sulfide) groups is 1. The van der Waals surface area contributed by atoms with E-state index in [-0.39, 0.29) is 16.6 Å². The maximum absolute atomic E-state index is 13.4. The summed E-state index contributed by atoms with van der Waals surface area (Å²) in [6.07, 6.45) is 0. The minimum atomic E-state index is -0.663. The van der Waals surface area contributed by atoms with Crippen LogP contribution in [-0.2, 0) is 4.79 Å². The SMILES string of the molecule is O=C(Nc1ccc([N+](=O)[O-])cc1Cl)[C@H](Sc1nnc2sc3ccccc3n12)c1ccccc1. The molecule has 1 N–H and O–H groups in total. The fourth-order valence-corrected chi connectivity index (χ4v) is 5.65. The quantitative estimate of drug-likeness (QED) is 0.177. The Balaban J connectivity index is 1.50. The van der Waals surface area contributed by atoms with Gasteiger partial charge in [0.2, 0.25) is 10.9 Å². The van der Waals surface area contributed by atoms with Crippen LogP contribution in [0.3, 0.4) is 0 Å². The zero-order valence-corrected chi connectivity index (χ0v) is 19.1. The van der Waals surface area contributed by atoms with Crippen molar-refractivity contribution in [1.29, 1.82) is 0 Å². The molecule has 0 saturated heterocycles. The monoisotopic (exact) mass is 495 g/mol. The summed E-state index contributed by atoms with van der Waals surface area (Å²) in [4.78, 5) is 24.5. The van der Waals surface area contributed by atoms with Gasteiger partial charge >= 0.3 is 0 Å². The van der Waals surface area contributed by atoms with Gasteiger partial charge in [0.1, 0.15) is 5.25 Å². The lowest BCUT2D eigenvalue weighted by Gasteiger charge is -2.16. The van der Waals surface area contributed by atoms with Crippen molar-refractivity contribution in [2.45, 2.75) is 10.4 Å². The molecule has 0 aliphatic rings. The molecule has 8 nitrogen and oxygen atoms in total. The second kappa shape index (κ2) is 8.81. The molecule has 11 heteroatoms. The first kappa shape index (κ1) is 21.4.